The van der Waals surface area contributed by atoms with E-state index in [1.807, 2.05) is 24.3 Å². The van der Waals surface area contributed by atoms with Crippen LogP contribution in [0.5, 0.6) is 0 Å². The number of amides is 1. The second-order valence-corrected chi connectivity index (χ2v) is 5.15. The second kappa shape index (κ2) is 6.99. The van der Waals surface area contributed by atoms with Gasteiger partial charge in [-0.1, -0.05) is 28.1 Å². The molecule has 0 aliphatic rings. The third-order valence-electron chi connectivity index (χ3n) is 2.76. The Morgan fingerprint density at radius 3 is 2.71 bits per heavy atom. The molecule has 0 unspecified atom stereocenters. The molecule has 0 atom stereocenters. The summed E-state index contributed by atoms with van der Waals surface area (Å²) in [5, 5.41) is 2.77. The first-order valence-electron chi connectivity index (χ1n) is 6.17. The van der Waals surface area contributed by atoms with Crippen LogP contribution >= 0.6 is 15.9 Å². The molecule has 0 bridgehead atoms. The number of esters is 1. The molecule has 1 heterocycles. The summed E-state index contributed by atoms with van der Waals surface area (Å²) in [7, 11) is 1.29. The monoisotopic (exact) mass is 348 g/mol. The summed E-state index contributed by atoms with van der Waals surface area (Å²) in [5.41, 5.74) is 1.53. The molecule has 1 aromatic heterocycles. The molecular formula is C15H13BrN2O3. The van der Waals surface area contributed by atoms with Crippen LogP contribution < -0.4 is 5.32 Å². The number of hydrogen-bond acceptors (Lipinski definition) is 4. The maximum atomic E-state index is 12.0. The molecule has 2 rings (SSSR count). The highest BCUT2D eigenvalue weighted by Crippen LogP contribution is 2.11. The number of hydrogen-bond donors (Lipinski definition) is 1. The summed E-state index contributed by atoms with van der Waals surface area (Å²) in [6.07, 6.45) is 1.32. The first-order valence-corrected chi connectivity index (χ1v) is 6.96. The molecule has 5 nitrogen and oxygen atoms in total. The van der Waals surface area contributed by atoms with Gasteiger partial charge in [0.15, 0.2) is 0 Å². The van der Waals surface area contributed by atoms with Gasteiger partial charge in [0.05, 0.1) is 12.7 Å². The largest absolute Gasteiger partial charge is 0.465 e. The van der Waals surface area contributed by atoms with Crippen molar-refractivity contribution >= 4 is 27.8 Å². The number of rotatable bonds is 4. The molecule has 0 radical (unpaired) electrons. The van der Waals surface area contributed by atoms with Crippen LogP contribution in [0.1, 0.15) is 26.4 Å². The van der Waals surface area contributed by atoms with Crippen molar-refractivity contribution < 1.29 is 14.3 Å². The predicted octanol–water partition coefficient (Wildman–Crippen LogP) is 2.56. The molecule has 1 aromatic carbocycles. The molecule has 2 aromatic rings. The van der Waals surface area contributed by atoms with E-state index >= 15 is 0 Å². The van der Waals surface area contributed by atoms with Gasteiger partial charge in [-0.25, -0.2) is 4.79 Å². The molecule has 21 heavy (non-hydrogen) atoms. The van der Waals surface area contributed by atoms with E-state index in [1.54, 1.807) is 0 Å². The molecule has 108 valence electrons. The van der Waals surface area contributed by atoms with Crippen molar-refractivity contribution in [1.82, 2.24) is 10.3 Å². The van der Waals surface area contributed by atoms with Crippen molar-refractivity contribution in [3.63, 3.8) is 0 Å². The Labute approximate surface area is 130 Å². The minimum absolute atomic E-state index is 0.248. The number of nitrogens with zero attached hydrogens (tertiary/aromatic N) is 1. The summed E-state index contributed by atoms with van der Waals surface area (Å²) in [6.45, 7) is 0.401. The zero-order valence-electron chi connectivity index (χ0n) is 11.3. The van der Waals surface area contributed by atoms with Gasteiger partial charge in [0, 0.05) is 17.2 Å². The van der Waals surface area contributed by atoms with Gasteiger partial charge in [-0.2, -0.15) is 0 Å². The van der Waals surface area contributed by atoms with Crippen molar-refractivity contribution in [1.29, 1.82) is 0 Å². The number of carbonyl (C=O) groups excluding carboxylic acids is 2. The fourth-order valence-electron chi connectivity index (χ4n) is 1.69. The smallest absolute Gasteiger partial charge is 0.339 e. The minimum atomic E-state index is -0.483. The third kappa shape index (κ3) is 4.13. The summed E-state index contributed by atoms with van der Waals surface area (Å²) < 4.78 is 5.52. The summed E-state index contributed by atoms with van der Waals surface area (Å²) >= 11 is 3.37. The lowest BCUT2D eigenvalue weighted by atomic mass is 10.2. The van der Waals surface area contributed by atoms with Gasteiger partial charge < -0.3 is 10.1 Å². The number of methoxy groups -OCH3 is 1. The topological polar surface area (TPSA) is 68.3 Å². The Hall–Kier alpha value is -2.21. The molecule has 0 aliphatic carbocycles. The van der Waals surface area contributed by atoms with E-state index < -0.39 is 5.97 Å². The fraction of sp³-hybridized carbons (Fsp3) is 0.133. The highest BCUT2D eigenvalue weighted by Gasteiger charge is 2.10. The van der Waals surface area contributed by atoms with Gasteiger partial charge in [0.25, 0.3) is 5.91 Å². The van der Waals surface area contributed by atoms with Crippen LogP contribution in [0.25, 0.3) is 0 Å². The van der Waals surface area contributed by atoms with Gasteiger partial charge in [-0.15, -0.1) is 0 Å². The van der Waals surface area contributed by atoms with E-state index in [-0.39, 0.29) is 11.6 Å². The number of ether oxygens (including phenoxy) is 1. The number of nitrogens with one attached hydrogen (secondary N) is 1. The zero-order valence-corrected chi connectivity index (χ0v) is 12.9. The zero-order chi connectivity index (χ0) is 15.2. The van der Waals surface area contributed by atoms with E-state index in [1.165, 1.54) is 25.4 Å². The number of aromatic nitrogens is 1. The predicted molar refractivity (Wildman–Crippen MR) is 80.9 cm³/mol. The van der Waals surface area contributed by atoms with Crippen LogP contribution in [0.3, 0.4) is 0 Å². The average Bonchev–Trinajstić information content (AvgIpc) is 2.52. The summed E-state index contributed by atoms with van der Waals surface area (Å²) in [4.78, 5) is 27.2. The average molecular weight is 349 g/mol. The normalized spacial score (nSPS) is 10.0. The Morgan fingerprint density at radius 1 is 1.29 bits per heavy atom. The van der Waals surface area contributed by atoms with Gasteiger partial charge in [-0.3, -0.25) is 9.78 Å². The third-order valence-corrected chi connectivity index (χ3v) is 3.25. The lowest BCUT2D eigenvalue weighted by Crippen LogP contribution is -2.23. The molecule has 1 amide bonds. The van der Waals surface area contributed by atoms with E-state index in [2.05, 4.69) is 31.0 Å². The van der Waals surface area contributed by atoms with Gasteiger partial charge in [0.2, 0.25) is 0 Å². The minimum Gasteiger partial charge on any atom is -0.465 e. The van der Waals surface area contributed by atoms with Crippen molar-refractivity contribution in [2.75, 3.05) is 7.11 Å². The number of halogens is 1. The lowest BCUT2D eigenvalue weighted by Gasteiger charge is -2.06. The van der Waals surface area contributed by atoms with Gasteiger partial charge in [0.1, 0.15) is 5.69 Å². The van der Waals surface area contributed by atoms with Crippen molar-refractivity contribution in [3.05, 3.63) is 63.9 Å². The standard InChI is InChI=1S/C15H13BrN2O3/c1-21-15(20)11-5-6-13(17-9-11)14(19)18-8-10-3-2-4-12(16)7-10/h2-7,9H,8H2,1H3,(H,18,19). The molecule has 6 heteroatoms. The van der Waals surface area contributed by atoms with Gasteiger partial charge >= 0.3 is 5.97 Å². The Bertz CT molecular complexity index is 656. The highest BCUT2D eigenvalue weighted by molar-refractivity contribution is 9.10. The Morgan fingerprint density at radius 2 is 2.10 bits per heavy atom. The lowest BCUT2D eigenvalue weighted by molar-refractivity contribution is 0.0599. The van der Waals surface area contributed by atoms with Crippen LogP contribution in [0.15, 0.2) is 47.1 Å². The fourth-order valence-corrected chi connectivity index (χ4v) is 2.13. The molecule has 0 spiro atoms. The SMILES string of the molecule is COC(=O)c1ccc(C(=O)NCc2cccc(Br)c2)nc1. The first kappa shape index (κ1) is 15.2. The van der Waals surface area contributed by atoms with Crippen LogP contribution in [-0.4, -0.2) is 24.0 Å². The summed E-state index contributed by atoms with van der Waals surface area (Å²) in [5.74, 6) is -0.782. The highest BCUT2D eigenvalue weighted by atomic mass is 79.9. The van der Waals surface area contributed by atoms with E-state index in [4.69, 9.17) is 0 Å². The van der Waals surface area contributed by atoms with Gasteiger partial charge in [-0.05, 0) is 29.8 Å². The Kier molecular flexibility index (Phi) is 5.05. The van der Waals surface area contributed by atoms with Crippen LogP contribution in [0, 0.1) is 0 Å². The van der Waals surface area contributed by atoms with Crippen LogP contribution in [0.2, 0.25) is 0 Å². The molecule has 0 saturated carbocycles. The van der Waals surface area contributed by atoms with E-state index in [9.17, 15) is 9.59 Å². The number of pyridine rings is 1. The molecule has 0 fully saturated rings. The number of carbonyl (C=O) groups is 2. The first-order chi connectivity index (χ1) is 10.1. The maximum absolute atomic E-state index is 12.0. The summed E-state index contributed by atoms with van der Waals surface area (Å²) in [6, 6.07) is 10.6. The molecule has 0 aliphatic heterocycles. The quantitative estimate of drug-likeness (QED) is 0.862. The Balaban J connectivity index is 1.99. The maximum Gasteiger partial charge on any atom is 0.339 e. The van der Waals surface area contributed by atoms with Crippen LogP contribution in [0.4, 0.5) is 0 Å². The second-order valence-electron chi connectivity index (χ2n) is 4.24. The van der Waals surface area contributed by atoms with E-state index in [0.29, 0.717) is 12.1 Å². The number of benzene rings is 1. The van der Waals surface area contributed by atoms with E-state index in [0.717, 1.165) is 10.0 Å². The van der Waals surface area contributed by atoms with Crippen molar-refractivity contribution in [2.24, 2.45) is 0 Å². The van der Waals surface area contributed by atoms with Crippen molar-refractivity contribution in [2.45, 2.75) is 6.54 Å². The molecule has 1 N–H and O–H groups in total. The van der Waals surface area contributed by atoms with Crippen LogP contribution in [-0.2, 0) is 11.3 Å². The van der Waals surface area contributed by atoms with Crippen molar-refractivity contribution in [3.8, 4) is 0 Å². The molecule has 0 saturated heterocycles. The molecular weight excluding hydrogens is 336 g/mol.